The predicted molar refractivity (Wildman–Crippen MR) is 120 cm³/mol. The van der Waals surface area contributed by atoms with Crippen molar-refractivity contribution in [2.24, 2.45) is 0 Å². The first-order chi connectivity index (χ1) is 14.5. The lowest BCUT2D eigenvalue weighted by Gasteiger charge is -2.10. The van der Waals surface area contributed by atoms with Crippen molar-refractivity contribution in [3.05, 3.63) is 70.7 Å². The third-order valence-electron chi connectivity index (χ3n) is 4.73. The summed E-state index contributed by atoms with van der Waals surface area (Å²) in [5.74, 6) is 1.06. The zero-order valence-electron chi connectivity index (χ0n) is 16.2. The minimum absolute atomic E-state index is 0.0725. The Kier molecular flexibility index (Phi) is 5.57. The molecule has 0 radical (unpaired) electrons. The van der Waals surface area contributed by atoms with Crippen LogP contribution >= 0.6 is 23.2 Å². The summed E-state index contributed by atoms with van der Waals surface area (Å²) in [6.07, 6.45) is 0. The fraction of sp³-hybridized carbons (Fsp3) is 0.0870. The van der Waals surface area contributed by atoms with E-state index in [0.717, 1.165) is 22.5 Å². The third kappa shape index (κ3) is 3.58. The number of H-pyrrole nitrogens is 1. The first-order valence-electron chi connectivity index (χ1n) is 9.08. The molecule has 2 N–H and O–H groups in total. The smallest absolute Gasteiger partial charge is 0.200 e. The molecule has 1 aromatic heterocycles. The number of imidazole rings is 1. The molecule has 0 aliphatic rings. The summed E-state index contributed by atoms with van der Waals surface area (Å²) in [7, 11) is 2.96. The summed E-state index contributed by atoms with van der Waals surface area (Å²) in [5, 5.41) is 11.1. The zero-order chi connectivity index (χ0) is 21.3. The maximum Gasteiger partial charge on any atom is 0.200 e. The van der Waals surface area contributed by atoms with E-state index >= 15 is 0 Å². The van der Waals surface area contributed by atoms with Gasteiger partial charge in [0.1, 0.15) is 5.82 Å². The molecule has 0 bridgehead atoms. The number of methoxy groups -OCH3 is 2. The molecule has 30 heavy (non-hydrogen) atoms. The fourth-order valence-electron chi connectivity index (χ4n) is 3.24. The Morgan fingerprint density at radius 1 is 0.867 bits per heavy atom. The summed E-state index contributed by atoms with van der Waals surface area (Å²) in [6, 6.07) is 18.6. The molecule has 0 saturated heterocycles. The van der Waals surface area contributed by atoms with Crippen LogP contribution < -0.4 is 9.47 Å². The average Bonchev–Trinajstić information content (AvgIpc) is 3.21. The molecule has 4 aromatic rings. The Balaban J connectivity index is 1.96. The molecule has 0 saturated carbocycles. The van der Waals surface area contributed by atoms with Gasteiger partial charge in [0.05, 0.1) is 35.7 Å². The third-order valence-corrected chi connectivity index (χ3v) is 5.54. The van der Waals surface area contributed by atoms with Gasteiger partial charge < -0.3 is 19.6 Å². The van der Waals surface area contributed by atoms with Gasteiger partial charge in [0.2, 0.25) is 5.75 Å². The number of aromatic nitrogens is 2. The minimum atomic E-state index is -0.0725. The maximum atomic E-state index is 10.2. The van der Waals surface area contributed by atoms with Crippen LogP contribution in [-0.4, -0.2) is 29.3 Å². The van der Waals surface area contributed by atoms with E-state index in [0.29, 0.717) is 21.4 Å². The molecule has 0 fully saturated rings. The second kappa shape index (κ2) is 8.30. The summed E-state index contributed by atoms with van der Waals surface area (Å²) in [5.41, 5.74) is 3.79. The van der Waals surface area contributed by atoms with Crippen molar-refractivity contribution in [2.45, 2.75) is 0 Å². The number of phenolic OH excluding ortho intramolecular Hbond substituents is 1. The van der Waals surface area contributed by atoms with Gasteiger partial charge in [0.15, 0.2) is 11.5 Å². The van der Waals surface area contributed by atoms with Gasteiger partial charge in [-0.3, -0.25) is 0 Å². The van der Waals surface area contributed by atoms with E-state index in [4.69, 9.17) is 37.7 Å². The van der Waals surface area contributed by atoms with Crippen molar-refractivity contribution >= 4 is 23.2 Å². The molecule has 152 valence electrons. The molecule has 0 amide bonds. The first kappa shape index (κ1) is 20.1. The average molecular weight is 441 g/mol. The number of halogens is 2. The maximum absolute atomic E-state index is 10.2. The summed E-state index contributed by atoms with van der Waals surface area (Å²) in [4.78, 5) is 8.18. The summed E-state index contributed by atoms with van der Waals surface area (Å²) < 4.78 is 10.6. The molecule has 0 unspecified atom stereocenters. The normalized spacial score (nSPS) is 10.8. The van der Waals surface area contributed by atoms with Gasteiger partial charge in [-0.1, -0.05) is 65.7 Å². The highest BCUT2D eigenvalue weighted by Gasteiger charge is 2.20. The molecule has 7 heteroatoms. The lowest BCUT2D eigenvalue weighted by atomic mass is 10.1. The number of hydrogen-bond acceptors (Lipinski definition) is 4. The number of benzene rings is 3. The Morgan fingerprint density at radius 3 is 2.17 bits per heavy atom. The monoisotopic (exact) mass is 440 g/mol. The molecule has 0 atom stereocenters. The van der Waals surface area contributed by atoms with Gasteiger partial charge >= 0.3 is 0 Å². The molecule has 3 aromatic carbocycles. The molecule has 4 rings (SSSR count). The van der Waals surface area contributed by atoms with Crippen LogP contribution in [0.5, 0.6) is 17.2 Å². The number of aromatic amines is 1. The lowest BCUT2D eigenvalue weighted by molar-refractivity contribution is 0.340. The Bertz CT molecular complexity index is 1180. The molecular weight excluding hydrogens is 423 g/mol. The standard InChI is InChI=1S/C23H18Cl2N2O3/c1-29-17-11-14(12-18(30-2)22(17)28)23-26-20(13-7-4-3-5-8-13)21(27-23)15-9-6-10-16(24)19(15)25/h3-12,28H,1-2H3,(H,26,27). The molecule has 1 heterocycles. The number of aromatic hydroxyl groups is 1. The Morgan fingerprint density at radius 2 is 1.53 bits per heavy atom. The predicted octanol–water partition coefficient (Wildman–Crippen LogP) is 6.44. The number of nitrogens with one attached hydrogen (secondary N) is 1. The van der Waals surface area contributed by atoms with E-state index in [2.05, 4.69) is 4.98 Å². The van der Waals surface area contributed by atoms with Crippen LogP contribution in [0.3, 0.4) is 0 Å². The van der Waals surface area contributed by atoms with Gasteiger partial charge in [-0.2, -0.15) is 0 Å². The highest BCUT2D eigenvalue weighted by Crippen LogP contribution is 2.42. The zero-order valence-corrected chi connectivity index (χ0v) is 17.8. The number of nitrogens with zero attached hydrogens (tertiary/aromatic N) is 1. The summed E-state index contributed by atoms with van der Waals surface area (Å²) in [6.45, 7) is 0. The van der Waals surface area contributed by atoms with E-state index < -0.39 is 0 Å². The second-order valence-corrected chi connectivity index (χ2v) is 7.29. The van der Waals surface area contributed by atoms with Gasteiger partial charge in [0, 0.05) is 16.7 Å². The van der Waals surface area contributed by atoms with E-state index in [1.165, 1.54) is 14.2 Å². The van der Waals surface area contributed by atoms with Crippen molar-refractivity contribution in [3.8, 4) is 51.2 Å². The number of ether oxygens (including phenoxy) is 2. The van der Waals surface area contributed by atoms with Crippen LogP contribution in [0.2, 0.25) is 10.0 Å². The number of phenols is 1. The van der Waals surface area contributed by atoms with E-state index in [-0.39, 0.29) is 17.2 Å². The largest absolute Gasteiger partial charge is 0.502 e. The van der Waals surface area contributed by atoms with Gasteiger partial charge in [-0.15, -0.1) is 0 Å². The molecular formula is C23H18Cl2N2O3. The fourth-order valence-corrected chi connectivity index (χ4v) is 3.63. The van der Waals surface area contributed by atoms with Crippen LogP contribution in [0.25, 0.3) is 33.9 Å². The second-order valence-electron chi connectivity index (χ2n) is 6.51. The van der Waals surface area contributed by atoms with Gasteiger partial charge in [0.25, 0.3) is 0 Å². The lowest BCUT2D eigenvalue weighted by Crippen LogP contribution is -1.91. The highest BCUT2D eigenvalue weighted by molar-refractivity contribution is 6.43. The molecule has 0 aliphatic heterocycles. The SMILES string of the molecule is COc1cc(-c2nc(-c3ccccc3)c(-c3cccc(Cl)c3Cl)[nH]2)cc(OC)c1O. The number of rotatable bonds is 5. The minimum Gasteiger partial charge on any atom is -0.502 e. The highest BCUT2D eigenvalue weighted by atomic mass is 35.5. The Hall–Kier alpha value is -3.15. The van der Waals surface area contributed by atoms with Gasteiger partial charge in [-0.25, -0.2) is 4.98 Å². The van der Waals surface area contributed by atoms with Crippen LogP contribution in [0.15, 0.2) is 60.7 Å². The van der Waals surface area contributed by atoms with Crippen molar-refractivity contribution in [2.75, 3.05) is 14.2 Å². The molecule has 0 spiro atoms. The van der Waals surface area contributed by atoms with Crippen LogP contribution in [0.1, 0.15) is 0 Å². The van der Waals surface area contributed by atoms with Crippen molar-refractivity contribution in [3.63, 3.8) is 0 Å². The van der Waals surface area contributed by atoms with E-state index in [9.17, 15) is 5.11 Å². The number of hydrogen-bond donors (Lipinski definition) is 2. The quantitative estimate of drug-likeness (QED) is 0.374. The van der Waals surface area contributed by atoms with Crippen LogP contribution in [0.4, 0.5) is 0 Å². The van der Waals surface area contributed by atoms with Crippen molar-refractivity contribution in [1.82, 2.24) is 9.97 Å². The molecule has 0 aliphatic carbocycles. The molecule has 5 nitrogen and oxygen atoms in total. The van der Waals surface area contributed by atoms with Gasteiger partial charge in [-0.05, 0) is 18.2 Å². The first-order valence-corrected chi connectivity index (χ1v) is 9.84. The topological polar surface area (TPSA) is 67.4 Å². The van der Waals surface area contributed by atoms with Crippen molar-refractivity contribution < 1.29 is 14.6 Å². The summed E-state index contributed by atoms with van der Waals surface area (Å²) >= 11 is 12.8. The van der Waals surface area contributed by atoms with Crippen LogP contribution in [-0.2, 0) is 0 Å². The van der Waals surface area contributed by atoms with Crippen LogP contribution in [0, 0.1) is 0 Å². The van der Waals surface area contributed by atoms with E-state index in [1.54, 1.807) is 18.2 Å². The van der Waals surface area contributed by atoms with Crippen molar-refractivity contribution in [1.29, 1.82) is 0 Å². The van der Waals surface area contributed by atoms with E-state index in [1.807, 2.05) is 42.5 Å². The Labute approximate surface area is 183 Å².